The Morgan fingerprint density at radius 1 is 1.13 bits per heavy atom. The van der Waals surface area contributed by atoms with Gasteiger partial charge in [0.05, 0.1) is 23.0 Å². The molecule has 0 saturated carbocycles. The lowest BCUT2D eigenvalue weighted by atomic mass is 10.0. The molecular formula is C21H28N5O4-. The summed E-state index contributed by atoms with van der Waals surface area (Å²) in [6.45, 7) is 5.26. The number of imidazole rings is 1. The number of rotatable bonds is 9. The van der Waals surface area contributed by atoms with Crippen molar-refractivity contribution in [3.8, 4) is 0 Å². The monoisotopic (exact) mass is 414 g/mol. The Morgan fingerprint density at radius 2 is 1.90 bits per heavy atom. The van der Waals surface area contributed by atoms with Crippen molar-refractivity contribution in [2.24, 2.45) is 5.92 Å². The lowest BCUT2D eigenvalue weighted by molar-refractivity contribution is -0.309. The molecule has 9 heteroatoms. The van der Waals surface area contributed by atoms with Gasteiger partial charge in [-0.3, -0.25) is 9.69 Å². The number of aromatic nitrogens is 2. The number of unbranched alkanes of at least 4 members (excludes halogenated alkanes) is 2. The fourth-order valence-corrected chi connectivity index (χ4v) is 3.60. The quantitative estimate of drug-likeness (QED) is 0.594. The molecule has 1 aliphatic heterocycles. The number of fused-ring (bicyclic) bond motifs is 3. The van der Waals surface area contributed by atoms with Gasteiger partial charge in [-0.05, 0) is 30.9 Å². The number of anilines is 1. The van der Waals surface area contributed by atoms with Gasteiger partial charge < -0.3 is 25.1 Å². The van der Waals surface area contributed by atoms with Gasteiger partial charge >= 0.3 is 6.03 Å². The van der Waals surface area contributed by atoms with Crippen LogP contribution in [0.4, 0.5) is 10.7 Å². The Bertz CT molecular complexity index is 923. The van der Waals surface area contributed by atoms with Crippen LogP contribution in [-0.2, 0) is 16.1 Å². The number of carboxylic acid groups (broad SMARTS) is 1. The summed E-state index contributed by atoms with van der Waals surface area (Å²) in [5, 5.41) is 16.4. The molecule has 1 aromatic heterocycles. The molecule has 2 aromatic rings. The van der Waals surface area contributed by atoms with Crippen LogP contribution < -0.4 is 20.6 Å². The molecule has 0 spiro atoms. The van der Waals surface area contributed by atoms with Crippen molar-refractivity contribution >= 4 is 34.9 Å². The molecule has 0 fully saturated rings. The molecule has 0 aliphatic carbocycles. The number of para-hydroxylation sites is 2. The van der Waals surface area contributed by atoms with Crippen LogP contribution in [-0.4, -0.2) is 46.6 Å². The van der Waals surface area contributed by atoms with Crippen molar-refractivity contribution < 1.29 is 19.5 Å². The van der Waals surface area contributed by atoms with E-state index in [-0.39, 0.29) is 24.3 Å². The number of amides is 3. The Balaban J connectivity index is 1.36. The first-order valence-corrected chi connectivity index (χ1v) is 10.4. The van der Waals surface area contributed by atoms with Crippen LogP contribution >= 0.6 is 0 Å². The van der Waals surface area contributed by atoms with Crippen LogP contribution in [0.5, 0.6) is 0 Å². The maximum atomic E-state index is 12.5. The molecular weight excluding hydrogens is 386 g/mol. The Kier molecular flexibility index (Phi) is 6.91. The van der Waals surface area contributed by atoms with Crippen LogP contribution in [0.25, 0.3) is 11.0 Å². The number of nitrogens with one attached hydrogen (secondary N) is 2. The van der Waals surface area contributed by atoms with Gasteiger partial charge in [0.1, 0.15) is 0 Å². The lowest BCUT2D eigenvalue weighted by Crippen LogP contribution is -2.50. The summed E-state index contributed by atoms with van der Waals surface area (Å²) < 4.78 is 2.05. The van der Waals surface area contributed by atoms with Gasteiger partial charge in [0.25, 0.3) is 0 Å². The normalized spacial score (nSPS) is 14.0. The summed E-state index contributed by atoms with van der Waals surface area (Å²) in [6.07, 6.45) is 2.36. The van der Waals surface area contributed by atoms with E-state index in [0.717, 1.165) is 30.4 Å². The highest BCUT2D eigenvalue weighted by Crippen LogP contribution is 2.26. The van der Waals surface area contributed by atoms with E-state index in [4.69, 9.17) is 0 Å². The van der Waals surface area contributed by atoms with E-state index in [0.29, 0.717) is 25.5 Å². The van der Waals surface area contributed by atoms with Gasteiger partial charge in [0, 0.05) is 26.1 Å². The third-order valence-corrected chi connectivity index (χ3v) is 5.26. The van der Waals surface area contributed by atoms with Crippen LogP contribution in [0.2, 0.25) is 0 Å². The zero-order chi connectivity index (χ0) is 21.7. The fraction of sp³-hybridized carbons (Fsp3) is 0.524. The molecule has 3 amide bonds. The summed E-state index contributed by atoms with van der Waals surface area (Å²) in [5.74, 6) is -1.12. The molecule has 2 heterocycles. The van der Waals surface area contributed by atoms with E-state index >= 15 is 0 Å². The van der Waals surface area contributed by atoms with Crippen LogP contribution in [0.15, 0.2) is 24.3 Å². The molecule has 0 radical (unpaired) electrons. The van der Waals surface area contributed by atoms with Crippen molar-refractivity contribution in [1.82, 2.24) is 20.2 Å². The maximum Gasteiger partial charge on any atom is 0.324 e. The molecule has 30 heavy (non-hydrogen) atoms. The Morgan fingerprint density at radius 3 is 2.63 bits per heavy atom. The van der Waals surface area contributed by atoms with Crippen molar-refractivity contribution in [1.29, 1.82) is 0 Å². The highest BCUT2D eigenvalue weighted by molar-refractivity contribution is 5.93. The van der Waals surface area contributed by atoms with E-state index in [1.54, 1.807) is 18.7 Å². The SMILES string of the molecule is CC(C)[C@@H](NC(=O)CCCCCNC(=O)N1CCn2c1nc1ccccc12)C(=O)[O-]. The zero-order valence-corrected chi connectivity index (χ0v) is 17.4. The molecule has 1 aromatic carbocycles. The van der Waals surface area contributed by atoms with E-state index in [2.05, 4.69) is 15.6 Å². The molecule has 2 N–H and O–H groups in total. The number of hydrogen-bond acceptors (Lipinski definition) is 5. The van der Waals surface area contributed by atoms with Crippen LogP contribution in [0, 0.1) is 5.92 Å². The molecule has 0 unspecified atom stereocenters. The molecule has 1 atom stereocenters. The summed E-state index contributed by atoms with van der Waals surface area (Å²) in [7, 11) is 0. The second-order valence-corrected chi connectivity index (χ2v) is 7.85. The second kappa shape index (κ2) is 9.60. The summed E-state index contributed by atoms with van der Waals surface area (Å²) in [5.41, 5.74) is 1.90. The number of hydrogen-bond donors (Lipinski definition) is 2. The minimum atomic E-state index is -1.27. The molecule has 9 nitrogen and oxygen atoms in total. The first kappa shape index (κ1) is 21.6. The average molecular weight is 414 g/mol. The molecule has 1 aliphatic rings. The summed E-state index contributed by atoms with van der Waals surface area (Å²) in [6, 6.07) is 6.68. The van der Waals surface area contributed by atoms with Crippen molar-refractivity contribution in [3.05, 3.63) is 24.3 Å². The number of aliphatic carboxylic acids is 1. The minimum absolute atomic E-state index is 0.171. The average Bonchev–Trinajstić information content (AvgIpc) is 3.27. The van der Waals surface area contributed by atoms with Gasteiger partial charge in [-0.15, -0.1) is 0 Å². The summed E-state index contributed by atoms with van der Waals surface area (Å²) in [4.78, 5) is 41.6. The molecule has 0 saturated heterocycles. The predicted octanol–water partition coefficient (Wildman–Crippen LogP) is 1.02. The zero-order valence-electron chi connectivity index (χ0n) is 17.4. The third-order valence-electron chi connectivity index (χ3n) is 5.26. The van der Waals surface area contributed by atoms with Gasteiger partial charge in [0.15, 0.2) is 0 Å². The smallest absolute Gasteiger partial charge is 0.324 e. The van der Waals surface area contributed by atoms with Crippen molar-refractivity contribution in [2.75, 3.05) is 18.0 Å². The summed E-state index contributed by atoms with van der Waals surface area (Å²) >= 11 is 0. The largest absolute Gasteiger partial charge is 0.548 e. The standard InChI is InChI=1S/C21H29N5O4/c1-14(2)18(19(28)29)24-17(27)10-4-3-7-11-22-21(30)26-13-12-25-16-9-6-5-8-15(16)23-20(25)26/h5-6,8-9,14,18H,3-4,7,10-13H2,1-2H3,(H,22,30)(H,24,27)(H,28,29)/p-1/t18-/m1/s1. The topological polar surface area (TPSA) is 119 Å². The fourth-order valence-electron chi connectivity index (χ4n) is 3.60. The van der Waals surface area contributed by atoms with Gasteiger partial charge in [-0.2, -0.15) is 0 Å². The first-order chi connectivity index (χ1) is 14.4. The van der Waals surface area contributed by atoms with Gasteiger partial charge in [-0.1, -0.05) is 32.4 Å². The van der Waals surface area contributed by atoms with Crippen LogP contribution in [0.3, 0.4) is 0 Å². The Labute approximate surface area is 175 Å². The maximum absolute atomic E-state index is 12.5. The number of carbonyl (C=O) groups is 3. The van der Waals surface area contributed by atoms with Gasteiger partial charge in [-0.25, -0.2) is 9.78 Å². The van der Waals surface area contributed by atoms with Crippen molar-refractivity contribution in [3.63, 3.8) is 0 Å². The predicted molar refractivity (Wildman–Crippen MR) is 111 cm³/mol. The molecule has 3 rings (SSSR count). The third kappa shape index (κ3) is 4.90. The van der Waals surface area contributed by atoms with E-state index in [9.17, 15) is 19.5 Å². The van der Waals surface area contributed by atoms with E-state index in [1.807, 2.05) is 28.8 Å². The number of urea groups is 1. The highest BCUT2D eigenvalue weighted by Gasteiger charge is 2.27. The lowest BCUT2D eigenvalue weighted by Gasteiger charge is -2.23. The number of carboxylic acids is 1. The number of carbonyl (C=O) groups excluding carboxylic acids is 3. The second-order valence-electron chi connectivity index (χ2n) is 7.85. The van der Waals surface area contributed by atoms with Crippen LogP contribution in [0.1, 0.15) is 39.5 Å². The number of nitrogens with zero attached hydrogens (tertiary/aromatic N) is 3. The van der Waals surface area contributed by atoms with Gasteiger partial charge in [0.2, 0.25) is 11.9 Å². The van der Waals surface area contributed by atoms with E-state index in [1.165, 1.54) is 0 Å². The number of benzene rings is 1. The Hall–Kier alpha value is -3.10. The molecule has 0 bridgehead atoms. The minimum Gasteiger partial charge on any atom is -0.548 e. The van der Waals surface area contributed by atoms with Crippen molar-refractivity contribution in [2.45, 2.75) is 52.1 Å². The molecule has 162 valence electrons. The van der Waals surface area contributed by atoms with E-state index < -0.39 is 12.0 Å². The first-order valence-electron chi connectivity index (χ1n) is 10.4. The highest BCUT2D eigenvalue weighted by atomic mass is 16.4.